The molecule has 0 aromatic heterocycles. The van der Waals surface area contributed by atoms with Crippen LogP contribution in [0.25, 0.3) is 0 Å². The zero-order valence-corrected chi connectivity index (χ0v) is 7.74. The van der Waals surface area contributed by atoms with E-state index in [1.54, 1.807) is 0 Å². The highest BCUT2D eigenvalue weighted by Crippen LogP contribution is 1.67. The monoisotopic (exact) mass is 159 g/mol. The van der Waals surface area contributed by atoms with Gasteiger partial charge in [0, 0.05) is 26.2 Å². The summed E-state index contributed by atoms with van der Waals surface area (Å²) in [7, 11) is 1.97. The molecule has 0 aromatic carbocycles. The van der Waals surface area contributed by atoms with Gasteiger partial charge in [-0.25, -0.2) is 0 Å². The Labute approximate surface area is 69.9 Å². The Morgan fingerprint density at radius 2 is 1.36 bits per heavy atom. The summed E-state index contributed by atoms with van der Waals surface area (Å²) in [5.41, 5.74) is 0. The van der Waals surface area contributed by atoms with Crippen molar-refractivity contribution < 1.29 is 0 Å². The lowest BCUT2D eigenvalue weighted by atomic mass is 10.4. The molecule has 0 aliphatic heterocycles. The standard InChI is InChI=1S/C8H21N3/c1-3-4-10-7-8-11-6-5-9-2/h9-11H,3-8H2,1-2H3. The highest BCUT2D eigenvalue weighted by atomic mass is 15.0. The van der Waals surface area contributed by atoms with Gasteiger partial charge in [-0.1, -0.05) is 6.92 Å². The zero-order chi connectivity index (χ0) is 8.36. The van der Waals surface area contributed by atoms with Crippen LogP contribution in [0.3, 0.4) is 0 Å². The Bertz CT molecular complexity index is 58.4. The molecule has 0 aliphatic carbocycles. The summed E-state index contributed by atoms with van der Waals surface area (Å²) >= 11 is 0. The van der Waals surface area contributed by atoms with Gasteiger partial charge in [-0.3, -0.25) is 0 Å². The fourth-order valence-corrected chi connectivity index (χ4v) is 0.817. The molecule has 11 heavy (non-hydrogen) atoms. The minimum absolute atomic E-state index is 1.05. The van der Waals surface area contributed by atoms with E-state index in [9.17, 15) is 0 Å². The second-order valence-electron chi connectivity index (χ2n) is 2.60. The molecule has 3 N–H and O–H groups in total. The number of likely N-dealkylation sites (N-methyl/N-ethyl adjacent to an activating group) is 1. The van der Waals surface area contributed by atoms with Gasteiger partial charge in [0.25, 0.3) is 0 Å². The van der Waals surface area contributed by atoms with Crippen molar-refractivity contribution in [3.8, 4) is 0 Å². The third kappa shape index (κ3) is 9.88. The number of rotatable bonds is 8. The SMILES string of the molecule is CCCNCCNCCNC. The molecule has 0 aliphatic rings. The summed E-state index contributed by atoms with van der Waals surface area (Å²) in [6, 6.07) is 0. The summed E-state index contributed by atoms with van der Waals surface area (Å²) in [4.78, 5) is 0. The van der Waals surface area contributed by atoms with Crippen LogP contribution < -0.4 is 16.0 Å². The quantitative estimate of drug-likeness (QED) is 0.429. The molecule has 68 valence electrons. The van der Waals surface area contributed by atoms with Gasteiger partial charge in [0.1, 0.15) is 0 Å². The van der Waals surface area contributed by atoms with E-state index in [-0.39, 0.29) is 0 Å². The molecule has 0 atom stereocenters. The molecule has 0 heterocycles. The van der Waals surface area contributed by atoms with Crippen LogP contribution in [0.4, 0.5) is 0 Å². The average molecular weight is 159 g/mol. The lowest BCUT2D eigenvalue weighted by molar-refractivity contribution is 0.596. The minimum Gasteiger partial charge on any atom is -0.318 e. The maximum absolute atomic E-state index is 3.33. The van der Waals surface area contributed by atoms with Crippen molar-refractivity contribution in [2.24, 2.45) is 0 Å². The Kier molecular flexibility index (Phi) is 9.77. The fourth-order valence-electron chi connectivity index (χ4n) is 0.817. The van der Waals surface area contributed by atoms with Crippen molar-refractivity contribution in [1.29, 1.82) is 0 Å². The van der Waals surface area contributed by atoms with Crippen molar-refractivity contribution in [3.05, 3.63) is 0 Å². The Hall–Kier alpha value is -0.120. The minimum atomic E-state index is 1.05. The van der Waals surface area contributed by atoms with Crippen molar-refractivity contribution >= 4 is 0 Å². The first-order valence-electron chi connectivity index (χ1n) is 4.47. The van der Waals surface area contributed by atoms with Gasteiger partial charge in [0.15, 0.2) is 0 Å². The molecule has 0 saturated carbocycles. The molecule has 0 amide bonds. The first-order chi connectivity index (χ1) is 5.41. The van der Waals surface area contributed by atoms with E-state index in [4.69, 9.17) is 0 Å². The van der Waals surface area contributed by atoms with E-state index in [2.05, 4.69) is 22.9 Å². The molecule has 0 bridgehead atoms. The van der Waals surface area contributed by atoms with Crippen LogP contribution in [-0.2, 0) is 0 Å². The lowest BCUT2D eigenvalue weighted by Crippen LogP contribution is -2.31. The maximum Gasteiger partial charge on any atom is 0.00772 e. The highest BCUT2D eigenvalue weighted by Gasteiger charge is 1.85. The Balaban J connectivity index is 2.69. The topological polar surface area (TPSA) is 36.1 Å². The van der Waals surface area contributed by atoms with Gasteiger partial charge in [-0.05, 0) is 20.0 Å². The molecule has 0 aromatic rings. The average Bonchev–Trinajstić information content (AvgIpc) is 2.03. The second kappa shape index (κ2) is 9.88. The molecule has 0 spiro atoms. The number of hydrogen-bond donors (Lipinski definition) is 3. The largest absolute Gasteiger partial charge is 0.318 e. The van der Waals surface area contributed by atoms with Gasteiger partial charge in [0.2, 0.25) is 0 Å². The van der Waals surface area contributed by atoms with E-state index in [0.717, 1.165) is 32.7 Å². The predicted octanol–water partition coefficient (Wildman–Crippen LogP) is -0.205. The first kappa shape index (κ1) is 10.9. The molecule has 3 heteroatoms. The Morgan fingerprint density at radius 3 is 1.91 bits per heavy atom. The molecular formula is C8H21N3. The van der Waals surface area contributed by atoms with E-state index in [1.165, 1.54) is 6.42 Å². The second-order valence-corrected chi connectivity index (χ2v) is 2.60. The van der Waals surface area contributed by atoms with Gasteiger partial charge in [-0.15, -0.1) is 0 Å². The van der Waals surface area contributed by atoms with Crippen LogP contribution in [0.5, 0.6) is 0 Å². The molecule has 3 nitrogen and oxygen atoms in total. The number of hydrogen-bond acceptors (Lipinski definition) is 3. The van der Waals surface area contributed by atoms with Crippen molar-refractivity contribution in [1.82, 2.24) is 16.0 Å². The highest BCUT2D eigenvalue weighted by molar-refractivity contribution is 4.52. The summed E-state index contributed by atoms with van der Waals surface area (Å²) in [5, 5.41) is 9.74. The van der Waals surface area contributed by atoms with Crippen molar-refractivity contribution in [3.63, 3.8) is 0 Å². The van der Waals surface area contributed by atoms with Gasteiger partial charge < -0.3 is 16.0 Å². The van der Waals surface area contributed by atoms with Crippen LogP contribution in [-0.4, -0.2) is 39.8 Å². The van der Waals surface area contributed by atoms with Crippen LogP contribution in [0.1, 0.15) is 13.3 Å². The summed E-state index contributed by atoms with van der Waals surface area (Å²) in [5.74, 6) is 0. The molecule has 0 radical (unpaired) electrons. The van der Waals surface area contributed by atoms with E-state index >= 15 is 0 Å². The number of nitrogens with one attached hydrogen (secondary N) is 3. The summed E-state index contributed by atoms with van der Waals surface area (Å²) < 4.78 is 0. The van der Waals surface area contributed by atoms with Crippen molar-refractivity contribution in [2.45, 2.75) is 13.3 Å². The molecule has 0 rings (SSSR count). The normalized spacial score (nSPS) is 10.4. The third-order valence-electron chi connectivity index (χ3n) is 1.46. The molecular weight excluding hydrogens is 138 g/mol. The van der Waals surface area contributed by atoms with E-state index < -0.39 is 0 Å². The summed E-state index contributed by atoms with van der Waals surface area (Å²) in [6.45, 7) is 7.58. The lowest BCUT2D eigenvalue weighted by Gasteiger charge is -2.04. The van der Waals surface area contributed by atoms with Gasteiger partial charge in [-0.2, -0.15) is 0 Å². The van der Waals surface area contributed by atoms with E-state index in [0.29, 0.717) is 0 Å². The van der Waals surface area contributed by atoms with Crippen molar-refractivity contribution in [2.75, 3.05) is 39.8 Å². The molecule has 0 unspecified atom stereocenters. The fraction of sp³-hybridized carbons (Fsp3) is 1.00. The summed E-state index contributed by atoms with van der Waals surface area (Å²) in [6.07, 6.45) is 1.22. The van der Waals surface area contributed by atoms with Gasteiger partial charge >= 0.3 is 0 Å². The first-order valence-corrected chi connectivity index (χ1v) is 4.47. The van der Waals surface area contributed by atoms with Crippen LogP contribution in [0, 0.1) is 0 Å². The van der Waals surface area contributed by atoms with Crippen LogP contribution in [0.2, 0.25) is 0 Å². The van der Waals surface area contributed by atoms with E-state index in [1.807, 2.05) is 7.05 Å². The smallest absolute Gasteiger partial charge is 0.00772 e. The zero-order valence-electron chi connectivity index (χ0n) is 7.74. The predicted molar refractivity (Wildman–Crippen MR) is 50.0 cm³/mol. The van der Waals surface area contributed by atoms with Crippen LogP contribution in [0.15, 0.2) is 0 Å². The molecule has 0 saturated heterocycles. The maximum atomic E-state index is 3.33. The molecule has 0 fully saturated rings. The Morgan fingerprint density at radius 1 is 0.818 bits per heavy atom. The third-order valence-corrected chi connectivity index (χ3v) is 1.46. The van der Waals surface area contributed by atoms with Gasteiger partial charge in [0.05, 0.1) is 0 Å². The van der Waals surface area contributed by atoms with Crippen LogP contribution >= 0.6 is 0 Å².